The monoisotopic (exact) mass is 404 g/mol. The van der Waals surface area contributed by atoms with E-state index >= 15 is 0 Å². The lowest BCUT2D eigenvalue weighted by Crippen LogP contribution is -2.52. The highest BCUT2D eigenvalue weighted by Crippen LogP contribution is 2.27. The van der Waals surface area contributed by atoms with Crippen LogP contribution in [0, 0.1) is 0 Å². The standard InChI is InChI=1S/C21H26F2N4O2/c1-2-24-21(25-15-16-6-5-7-17(14-16)29-20(22)23)27-12-10-26(11-13-27)18-8-3-4-9-19(18)28/h3-9,14,20,28H,2,10-13,15H2,1H3,(H,24,25). The van der Waals surface area contributed by atoms with Crippen molar-refractivity contribution in [1.29, 1.82) is 0 Å². The number of phenolic OH excluding ortho intramolecular Hbond substituents is 1. The zero-order valence-electron chi connectivity index (χ0n) is 16.4. The number of phenols is 1. The number of ether oxygens (including phenoxy) is 1. The van der Waals surface area contributed by atoms with Crippen LogP contribution in [0.15, 0.2) is 53.5 Å². The molecule has 0 atom stereocenters. The Labute approximate surface area is 169 Å². The van der Waals surface area contributed by atoms with Gasteiger partial charge in [0.25, 0.3) is 0 Å². The molecule has 0 radical (unpaired) electrons. The molecule has 2 aromatic rings. The van der Waals surface area contributed by atoms with Gasteiger partial charge in [0.15, 0.2) is 5.96 Å². The summed E-state index contributed by atoms with van der Waals surface area (Å²) in [6, 6.07) is 13.9. The molecule has 29 heavy (non-hydrogen) atoms. The van der Waals surface area contributed by atoms with Crippen LogP contribution in [0.1, 0.15) is 12.5 Å². The summed E-state index contributed by atoms with van der Waals surface area (Å²) in [4.78, 5) is 8.98. The molecule has 156 valence electrons. The van der Waals surface area contributed by atoms with Crippen LogP contribution in [0.3, 0.4) is 0 Å². The molecule has 2 N–H and O–H groups in total. The lowest BCUT2D eigenvalue weighted by atomic mass is 10.2. The lowest BCUT2D eigenvalue weighted by molar-refractivity contribution is -0.0498. The number of alkyl halides is 2. The number of anilines is 1. The number of aromatic hydroxyl groups is 1. The fourth-order valence-electron chi connectivity index (χ4n) is 3.30. The first-order valence-electron chi connectivity index (χ1n) is 9.66. The van der Waals surface area contributed by atoms with E-state index < -0.39 is 6.61 Å². The third-order valence-corrected chi connectivity index (χ3v) is 4.67. The summed E-state index contributed by atoms with van der Waals surface area (Å²) in [6.07, 6.45) is 0. The number of hydrogen-bond acceptors (Lipinski definition) is 4. The Morgan fingerprint density at radius 3 is 2.59 bits per heavy atom. The molecule has 0 bridgehead atoms. The Kier molecular flexibility index (Phi) is 7.10. The summed E-state index contributed by atoms with van der Waals surface area (Å²) < 4.78 is 29.3. The number of nitrogens with one attached hydrogen (secondary N) is 1. The van der Waals surface area contributed by atoms with Crippen LogP contribution in [-0.4, -0.2) is 55.3 Å². The van der Waals surface area contributed by atoms with Gasteiger partial charge >= 0.3 is 6.61 Å². The summed E-state index contributed by atoms with van der Waals surface area (Å²) in [5.41, 5.74) is 1.64. The molecule has 0 spiro atoms. The normalized spacial score (nSPS) is 15.0. The molecular weight excluding hydrogens is 378 g/mol. The first kappa shape index (κ1) is 20.7. The van der Waals surface area contributed by atoms with Crippen molar-refractivity contribution in [1.82, 2.24) is 10.2 Å². The number of hydrogen-bond donors (Lipinski definition) is 2. The van der Waals surface area contributed by atoms with Crippen LogP contribution in [-0.2, 0) is 6.54 Å². The van der Waals surface area contributed by atoms with Crippen molar-refractivity contribution in [2.75, 3.05) is 37.6 Å². The number of guanidine groups is 1. The topological polar surface area (TPSA) is 60.3 Å². The van der Waals surface area contributed by atoms with Crippen molar-refractivity contribution >= 4 is 11.6 Å². The summed E-state index contributed by atoms with van der Waals surface area (Å²) in [7, 11) is 0. The van der Waals surface area contributed by atoms with Gasteiger partial charge in [-0.25, -0.2) is 4.99 Å². The predicted octanol–water partition coefficient (Wildman–Crippen LogP) is 3.28. The van der Waals surface area contributed by atoms with Crippen molar-refractivity contribution in [3.05, 3.63) is 54.1 Å². The molecule has 1 saturated heterocycles. The maximum Gasteiger partial charge on any atom is 0.387 e. The van der Waals surface area contributed by atoms with Crippen LogP contribution in [0.4, 0.5) is 14.5 Å². The molecule has 1 aliphatic rings. The maximum atomic E-state index is 12.4. The van der Waals surface area contributed by atoms with E-state index in [0.717, 1.165) is 49.9 Å². The molecule has 8 heteroatoms. The van der Waals surface area contributed by atoms with Crippen LogP contribution >= 0.6 is 0 Å². The second kappa shape index (κ2) is 9.95. The van der Waals surface area contributed by atoms with E-state index in [1.54, 1.807) is 18.2 Å². The van der Waals surface area contributed by atoms with E-state index in [1.165, 1.54) is 6.07 Å². The Balaban J connectivity index is 1.63. The number of piperazine rings is 1. The minimum absolute atomic E-state index is 0.133. The van der Waals surface area contributed by atoms with Gasteiger partial charge in [-0.2, -0.15) is 8.78 Å². The predicted molar refractivity (Wildman–Crippen MR) is 110 cm³/mol. The highest BCUT2D eigenvalue weighted by molar-refractivity contribution is 5.80. The van der Waals surface area contributed by atoms with Gasteiger partial charge in [-0.3, -0.25) is 0 Å². The van der Waals surface area contributed by atoms with E-state index in [2.05, 4.69) is 24.8 Å². The minimum atomic E-state index is -2.84. The fraction of sp³-hybridized carbons (Fsp3) is 0.381. The molecule has 0 amide bonds. The van der Waals surface area contributed by atoms with E-state index in [0.29, 0.717) is 6.54 Å². The molecule has 1 heterocycles. The van der Waals surface area contributed by atoms with Crippen LogP contribution in [0.2, 0.25) is 0 Å². The Morgan fingerprint density at radius 2 is 1.90 bits per heavy atom. The third-order valence-electron chi connectivity index (χ3n) is 4.67. The number of nitrogens with zero attached hydrogens (tertiary/aromatic N) is 3. The van der Waals surface area contributed by atoms with Gasteiger partial charge < -0.3 is 25.0 Å². The third kappa shape index (κ3) is 5.73. The molecule has 0 aromatic heterocycles. The number of halogens is 2. The van der Waals surface area contributed by atoms with Crippen molar-refractivity contribution in [3.63, 3.8) is 0 Å². The Hall–Kier alpha value is -3.03. The SMILES string of the molecule is CCNC(=NCc1cccc(OC(F)F)c1)N1CCN(c2ccccc2O)CC1. The second-order valence-electron chi connectivity index (χ2n) is 6.66. The van der Waals surface area contributed by atoms with Gasteiger partial charge in [0.2, 0.25) is 0 Å². The summed E-state index contributed by atoms with van der Waals surface area (Å²) in [6.45, 7) is 3.30. The number of aliphatic imine (C=N–C) groups is 1. The Morgan fingerprint density at radius 1 is 1.14 bits per heavy atom. The molecule has 0 aliphatic carbocycles. The smallest absolute Gasteiger partial charge is 0.387 e. The van der Waals surface area contributed by atoms with Crippen molar-refractivity contribution < 1.29 is 18.6 Å². The maximum absolute atomic E-state index is 12.4. The number of rotatable bonds is 6. The van der Waals surface area contributed by atoms with Gasteiger partial charge in [0.1, 0.15) is 11.5 Å². The van der Waals surface area contributed by atoms with Gasteiger partial charge in [0, 0.05) is 32.7 Å². The zero-order chi connectivity index (χ0) is 20.6. The van der Waals surface area contributed by atoms with Gasteiger partial charge in [-0.1, -0.05) is 24.3 Å². The molecule has 6 nitrogen and oxygen atoms in total. The average molecular weight is 404 g/mol. The molecule has 1 fully saturated rings. The van der Waals surface area contributed by atoms with Crippen molar-refractivity contribution in [3.8, 4) is 11.5 Å². The van der Waals surface area contributed by atoms with Crippen LogP contribution < -0.4 is 15.0 Å². The van der Waals surface area contributed by atoms with Gasteiger partial charge in [-0.05, 0) is 36.8 Å². The molecular formula is C21H26F2N4O2. The average Bonchev–Trinajstić information content (AvgIpc) is 2.71. The lowest BCUT2D eigenvalue weighted by Gasteiger charge is -2.37. The van der Waals surface area contributed by atoms with E-state index in [-0.39, 0.29) is 11.5 Å². The van der Waals surface area contributed by atoms with E-state index in [4.69, 9.17) is 0 Å². The number of benzene rings is 2. The van der Waals surface area contributed by atoms with E-state index in [1.807, 2.05) is 31.2 Å². The van der Waals surface area contributed by atoms with Crippen LogP contribution in [0.5, 0.6) is 11.5 Å². The van der Waals surface area contributed by atoms with Gasteiger partial charge in [-0.15, -0.1) is 0 Å². The highest BCUT2D eigenvalue weighted by Gasteiger charge is 2.21. The van der Waals surface area contributed by atoms with Gasteiger partial charge in [0.05, 0.1) is 12.2 Å². The summed E-state index contributed by atoms with van der Waals surface area (Å²) in [5.74, 6) is 1.20. The first-order valence-corrected chi connectivity index (χ1v) is 9.66. The van der Waals surface area contributed by atoms with Crippen LogP contribution in [0.25, 0.3) is 0 Å². The molecule has 2 aromatic carbocycles. The molecule has 1 aliphatic heterocycles. The molecule has 0 saturated carbocycles. The second-order valence-corrected chi connectivity index (χ2v) is 6.66. The zero-order valence-corrected chi connectivity index (χ0v) is 16.4. The van der Waals surface area contributed by atoms with Crippen molar-refractivity contribution in [2.45, 2.75) is 20.1 Å². The summed E-state index contributed by atoms with van der Waals surface area (Å²) in [5, 5.41) is 13.4. The quantitative estimate of drug-likeness (QED) is 0.572. The highest BCUT2D eigenvalue weighted by atomic mass is 19.3. The fourth-order valence-corrected chi connectivity index (χ4v) is 3.30. The first-order chi connectivity index (χ1) is 14.1. The van der Waals surface area contributed by atoms with Crippen molar-refractivity contribution in [2.24, 2.45) is 4.99 Å². The van der Waals surface area contributed by atoms with E-state index in [9.17, 15) is 13.9 Å². The molecule has 0 unspecified atom stereocenters. The minimum Gasteiger partial charge on any atom is -0.506 e. The number of para-hydroxylation sites is 2. The largest absolute Gasteiger partial charge is 0.506 e. The molecule has 3 rings (SSSR count). The summed E-state index contributed by atoms with van der Waals surface area (Å²) >= 11 is 0. The Bertz CT molecular complexity index is 824.